The Bertz CT molecular complexity index is 539. The van der Waals surface area contributed by atoms with Crippen LogP contribution in [-0.4, -0.2) is 54.1 Å². The largest absolute Gasteiger partial charge is 0.465 e. The van der Waals surface area contributed by atoms with Crippen molar-refractivity contribution in [2.24, 2.45) is 5.92 Å². The van der Waals surface area contributed by atoms with Crippen LogP contribution < -0.4 is 0 Å². The van der Waals surface area contributed by atoms with Crippen molar-refractivity contribution in [3.8, 4) is 0 Å². The molecule has 0 saturated heterocycles. The second-order valence-electron chi connectivity index (χ2n) is 7.22. The Hall–Kier alpha value is -2.04. The predicted octanol–water partition coefficient (Wildman–Crippen LogP) is 4.47. The van der Waals surface area contributed by atoms with Crippen molar-refractivity contribution in [2.45, 2.75) is 53.4 Å². The number of hydrogen-bond acceptors (Lipinski definition) is 2. The molecule has 148 valence electrons. The van der Waals surface area contributed by atoms with Gasteiger partial charge >= 0.3 is 6.09 Å². The SMILES string of the molecule is CC(C)C(=O)N(C)CCCN(C)C(=O)O.CCc1ccc(C(C)C)cc1. The summed E-state index contributed by atoms with van der Waals surface area (Å²) in [6.45, 7) is 11.4. The summed E-state index contributed by atoms with van der Waals surface area (Å²) in [5.74, 6) is 0.737. The molecule has 1 aromatic carbocycles. The maximum absolute atomic E-state index is 11.4. The summed E-state index contributed by atoms with van der Waals surface area (Å²) in [6.07, 6.45) is 0.865. The van der Waals surface area contributed by atoms with Gasteiger partial charge in [-0.2, -0.15) is 0 Å². The van der Waals surface area contributed by atoms with Crippen LogP contribution in [0.2, 0.25) is 0 Å². The summed E-state index contributed by atoms with van der Waals surface area (Å²) >= 11 is 0. The van der Waals surface area contributed by atoms with E-state index >= 15 is 0 Å². The molecular weight excluding hydrogens is 328 g/mol. The topological polar surface area (TPSA) is 60.9 Å². The lowest BCUT2D eigenvalue weighted by Crippen LogP contribution is -2.34. The molecule has 1 rings (SSSR count). The standard InChI is InChI=1S/C11H16.C10H20N2O3/c1-4-10-5-7-11(8-6-10)9(2)3;1-8(2)9(13)11(3)6-5-7-12(4)10(14)15/h5-9H,4H2,1-3H3;8H,5-7H2,1-4H3,(H,14,15). The van der Waals surface area contributed by atoms with E-state index in [-0.39, 0.29) is 11.8 Å². The summed E-state index contributed by atoms with van der Waals surface area (Å²) in [7, 11) is 3.26. The molecule has 5 nitrogen and oxygen atoms in total. The fourth-order valence-corrected chi connectivity index (χ4v) is 2.33. The highest BCUT2D eigenvalue weighted by molar-refractivity contribution is 5.77. The number of carbonyl (C=O) groups excluding carboxylic acids is 1. The van der Waals surface area contributed by atoms with Crippen LogP contribution in [0.25, 0.3) is 0 Å². The number of carboxylic acid groups (broad SMARTS) is 1. The Labute approximate surface area is 159 Å². The Morgan fingerprint density at radius 1 is 0.962 bits per heavy atom. The summed E-state index contributed by atoms with van der Waals surface area (Å²) in [5.41, 5.74) is 2.86. The van der Waals surface area contributed by atoms with Crippen LogP contribution in [-0.2, 0) is 11.2 Å². The van der Waals surface area contributed by atoms with Crippen LogP contribution in [0.15, 0.2) is 24.3 Å². The highest BCUT2D eigenvalue weighted by Gasteiger charge is 2.13. The van der Waals surface area contributed by atoms with Gasteiger partial charge in [-0.3, -0.25) is 4.79 Å². The highest BCUT2D eigenvalue weighted by atomic mass is 16.4. The molecule has 0 spiro atoms. The first-order chi connectivity index (χ1) is 12.1. The van der Waals surface area contributed by atoms with Gasteiger partial charge in [0.1, 0.15) is 0 Å². The molecule has 2 amide bonds. The van der Waals surface area contributed by atoms with Crippen LogP contribution in [0.5, 0.6) is 0 Å². The molecule has 1 N–H and O–H groups in total. The second-order valence-corrected chi connectivity index (χ2v) is 7.22. The molecule has 0 fully saturated rings. The lowest BCUT2D eigenvalue weighted by atomic mass is 10.0. The third-order valence-electron chi connectivity index (χ3n) is 4.24. The van der Waals surface area contributed by atoms with Gasteiger partial charge in [0, 0.05) is 33.1 Å². The van der Waals surface area contributed by atoms with E-state index in [1.54, 1.807) is 11.9 Å². The molecule has 0 heterocycles. The molecule has 0 aliphatic heterocycles. The zero-order valence-corrected chi connectivity index (χ0v) is 17.5. The normalized spacial score (nSPS) is 10.3. The van der Waals surface area contributed by atoms with Crippen LogP contribution in [0.4, 0.5) is 4.79 Å². The quantitative estimate of drug-likeness (QED) is 0.776. The van der Waals surface area contributed by atoms with Gasteiger partial charge in [-0.1, -0.05) is 58.9 Å². The van der Waals surface area contributed by atoms with Crippen molar-refractivity contribution in [3.05, 3.63) is 35.4 Å². The van der Waals surface area contributed by atoms with E-state index in [0.717, 1.165) is 6.42 Å². The van der Waals surface area contributed by atoms with E-state index in [0.29, 0.717) is 25.4 Å². The maximum Gasteiger partial charge on any atom is 0.407 e. The number of rotatable bonds is 7. The Morgan fingerprint density at radius 2 is 1.46 bits per heavy atom. The van der Waals surface area contributed by atoms with Gasteiger partial charge in [0.15, 0.2) is 0 Å². The number of aryl methyl sites for hydroxylation is 1. The van der Waals surface area contributed by atoms with Gasteiger partial charge in [0.05, 0.1) is 0 Å². The Balaban J connectivity index is 0.000000502. The van der Waals surface area contributed by atoms with Crippen LogP contribution >= 0.6 is 0 Å². The first-order valence-corrected chi connectivity index (χ1v) is 9.37. The van der Waals surface area contributed by atoms with Crippen LogP contribution in [0.3, 0.4) is 0 Å². The van der Waals surface area contributed by atoms with E-state index < -0.39 is 6.09 Å². The van der Waals surface area contributed by atoms with Crippen molar-refractivity contribution < 1.29 is 14.7 Å². The van der Waals surface area contributed by atoms with Crippen LogP contribution in [0.1, 0.15) is 58.1 Å². The van der Waals surface area contributed by atoms with Crippen molar-refractivity contribution >= 4 is 12.0 Å². The zero-order valence-electron chi connectivity index (χ0n) is 17.5. The number of benzene rings is 1. The van der Waals surface area contributed by atoms with Crippen molar-refractivity contribution in [3.63, 3.8) is 0 Å². The zero-order chi connectivity index (χ0) is 20.3. The van der Waals surface area contributed by atoms with Gasteiger partial charge < -0.3 is 14.9 Å². The first kappa shape index (κ1) is 24.0. The third kappa shape index (κ3) is 9.44. The summed E-state index contributed by atoms with van der Waals surface area (Å²) in [5, 5.41) is 8.59. The molecule has 1 aromatic rings. The van der Waals surface area contributed by atoms with Crippen molar-refractivity contribution in [2.75, 3.05) is 27.2 Å². The molecule has 0 aliphatic carbocycles. The third-order valence-corrected chi connectivity index (χ3v) is 4.24. The molecule has 0 aromatic heterocycles. The number of nitrogens with zero attached hydrogens (tertiary/aromatic N) is 2. The highest BCUT2D eigenvalue weighted by Crippen LogP contribution is 2.14. The molecule has 0 atom stereocenters. The molecule has 0 radical (unpaired) electrons. The molecule has 26 heavy (non-hydrogen) atoms. The fourth-order valence-electron chi connectivity index (χ4n) is 2.33. The number of hydrogen-bond donors (Lipinski definition) is 1. The first-order valence-electron chi connectivity index (χ1n) is 9.37. The second kappa shape index (κ2) is 12.3. The van der Waals surface area contributed by atoms with Crippen molar-refractivity contribution in [1.29, 1.82) is 0 Å². The van der Waals surface area contributed by atoms with Gasteiger partial charge in [0.25, 0.3) is 0 Å². The van der Waals surface area contributed by atoms with E-state index in [1.165, 1.54) is 23.1 Å². The minimum atomic E-state index is -0.937. The van der Waals surface area contributed by atoms with Crippen LogP contribution in [0, 0.1) is 5.92 Å². The molecule has 0 saturated carbocycles. The monoisotopic (exact) mass is 364 g/mol. The predicted molar refractivity (Wildman–Crippen MR) is 108 cm³/mol. The smallest absolute Gasteiger partial charge is 0.407 e. The molecular formula is C21H36N2O3. The van der Waals surface area contributed by atoms with E-state index in [1.807, 2.05) is 13.8 Å². The van der Waals surface area contributed by atoms with E-state index in [2.05, 4.69) is 45.0 Å². The average Bonchev–Trinajstić information content (AvgIpc) is 2.61. The summed E-state index contributed by atoms with van der Waals surface area (Å²) in [6, 6.07) is 8.89. The van der Waals surface area contributed by atoms with E-state index in [9.17, 15) is 9.59 Å². The van der Waals surface area contributed by atoms with Crippen molar-refractivity contribution in [1.82, 2.24) is 9.80 Å². The lowest BCUT2D eigenvalue weighted by Gasteiger charge is -2.20. The molecule has 0 unspecified atom stereocenters. The number of amides is 2. The number of carbonyl (C=O) groups is 2. The Kier molecular flexibility index (Phi) is 11.4. The molecule has 0 aliphatic rings. The lowest BCUT2D eigenvalue weighted by molar-refractivity contribution is -0.133. The van der Waals surface area contributed by atoms with Gasteiger partial charge in [-0.15, -0.1) is 0 Å². The molecule has 0 bridgehead atoms. The van der Waals surface area contributed by atoms with Gasteiger partial charge in [-0.05, 0) is 29.9 Å². The fraction of sp³-hybridized carbons (Fsp3) is 0.619. The summed E-state index contributed by atoms with van der Waals surface area (Å²) < 4.78 is 0. The minimum absolute atomic E-state index is 0.00722. The summed E-state index contributed by atoms with van der Waals surface area (Å²) in [4.78, 5) is 24.8. The van der Waals surface area contributed by atoms with Gasteiger partial charge in [0.2, 0.25) is 5.91 Å². The maximum atomic E-state index is 11.4. The minimum Gasteiger partial charge on any atom is -0.465 e. The Morgan fingerprint density at radius 3 is 1.85 bits per heavy atom. The van der Waals surface area contributed by atoms with E-state index in [4.69, 9.17) is 5.11 Å². The molecule has 5 heteroatoms. The average molecular weight is 365 g/mol. The van der Waals surface area contributed by atoms with Gasteiger partial charge in [-0.25, -0.2) is 4.79 Å².